The standard InChI is InChI=1S/C23H22N4OS/c1-16(18-5-3-2-4-6-18)13-25-22(28)19-9-7-17(8-10-19)15-29-23-26-20-11-12-24-14-21(20)27-23/h2-12,14,16H,13,15H2,1H3,(H,25,28)(H,26,27). The third-order valence-corrected chi connectivity index (χ3v) is 5.74. The highest BCUT2D eigenvalue weighted by molar-refractivity contribution is 7.98. The lowest BCUT2D eigenvalue weighted by molar-refractivity contribution is 0.0951. The van der Waals surface area contributed by atoms with Gasteiger partial charge in [-0.1, -0.05) is 61.2 Å². The predicted octanol–water partition coefficient (Wildman–Crippen LogP) is 4.78. The number of hydrogen-bond donors (Lipinski definition) is 2. The molecular weight excluding hydrogens is 380 g/mol. The summed E-state index contributed by atoms with van der Waals surface area (Å²) < 4.78 is 0. The minimum atomic E-state index is -0.0447. The van der Waals surface area contributed by atoms with Crippen LogP contribution in [0.4, 0.5) is 0 Å². The molecule has 0 aliphatic heterocycles. The van der Waals surface area contributed by atoms with Crippen molar-refractivity contribution in [2.45, 2.75) is 23.8 Å². The Bertz CT molecular complexity index is 1060. The second-order valence-corrected chi connectivity index (χ2v) is 7.91. The normalized spacial score (nSPS) is 12.0. The van der Waals surface area contributed by atoms with Crippen molar-refractivity contribution in [1.82, 2.24) is 20.3 Å². The van der Waals surface area contributed by atoms with Gasteiger partial charge in [-0.25, -0.2) is 4.98 Å². The lowest BCUT2D eigenvalue weighted by Crippen LogP contribution is -2.27. The second-order valence-electron chi connectivity index (χ2n) is 6.94. The van der Waals surface area contributed by atoms with Gasteiger partial charge < -0.3 is 10.3 Å². The molecule has 1 unspecified atom stereocenters. The maximum absolute atomic E-state index is 12.4. The Morgan fingerprint density at radius 3 is 2.66 bits per heavy atom. The molecule has 0 radical (unpaired) electrons. The fourth-order valence-electron chi connectivity index (χ4n) is 3.05. The molecule has 29 heavy (non-hydrogen) atoms. The molecule has 0 bridgehead atoms. The van der Waals surface area contributed by atoms with E-state index in [9.17, 15) is 4.79 Å². The second kappa shape index (κ2) is 8.92. The highest BCUT2D eigenvalue weighted by Crippen LogP contribution is 2.23. The topological polar surface area (TPSA) is 70.7 Å². The van der Waals surface area contributed by atoms with Crippen molar-refractivity contribution in [3.63, 3.8) is 0 Å². The van der Waals surface area contributed by atoms with Gasteiger partial charge >= 0.3 is 0 Å². The summed E-state index contributed by atoms with van der Waals surface area (Å²) in [5.41, 5.74) is 4.89. The minimum absolute atomic E-state index is 0.0447. The van der Waals surface area contributed by atoms with Crippen LogP contribution in [-0.4, -0.2) is 27.4 Å². The first-order valence-electron chi connectivity index (χ1n) is 9.53. The number of carbonyl (C=O) groups is 1. The van der Waals surface area contributed by atoms with E-state index in [-0.39, 0.29) is 11.8 Å². The van der Waals surface area contributed by atoms with Crippen LogP contribution < -0.4 is 5.32 Å². The summed E-state index contributed by atoms with van der Waals surface area (Å²) >= 11 is 1.63. The number of nitrogens with zero attached hydrogens (tertiary/aromatic N) is 2. The Morgan fingerprint density at radius 2 is 1.90 bits per heavy atom. The van der Waals surface area contributed by atoms with Gasteiger partial charge in [0.05, 0.1) is 17.2 Å². The molecule has 0 saturated heterocycles. The van der Waals surface area contributed by atoms with Gasteiger partial charge in [0, 0.05) is 24.1 Å². The fourth-order valence-corrected chi connectivity index (χ4v) is 3.89. The van der Waals surface area contributed by atoms with E-state index >= 15 is 0 Å². The summed E-state index contributed by atoms with van der Waals surface area (Å²) in [5, 5.41) is 3.89. The van der Waals surface area contributed by atoms with Crippen LogP contribution in [-0.2, 0) is 5.75 Å². The van der Waals surface area contributed by atoms with E-state index in [1.165, 1.54) is 5.56 Å². The van der Waals surface area contributed by atoms with Crippen LogP contribution in [0.3, 0.4) is 0 Å². The van der Waals surface area contributed by atoms with Crippen molar-refractivity contribution in [2.24, 2.45) is 0 Å². The molecule has 0 spiro atoms. The Morgan fingerprint density at radius 1 is 1.10 bits per heavy atom. The van der Waals surface area contributed by atoms with Crippen LogP contribution in [0.2, 0.25) is 0 Å². The van der Waals surface area contributed by atoms with Crippen molar-refractivity contribution in [2.75, 3.05) is 6.54 Å². The van der Waals surface area contributed by atoms with E-state index in [1.807, 2.05) is 48.5 Å². The number of H-pyrrole nitrogens is 1. The van der Waals surface area contributed by atoms with Gasteiger partial charge in [-0.15, -0.1) is 0 Å². The van der Waals surface area contributed by atoms with E-state index < -0.39 is 0 Å². The van der Waals surface area contributed by atoms with Crippen LogP contribution in [0.1, 0.15) is 34.3 Å². The number of nitrogens with one attached hydrogen (secondary N) is 2. The van der Waals surface area contributed by atoms with Crippen LogP contribution >= 0.6 is 11.8 Å². The van der Waals surface area contributed by atoms with Crippen molar-refractivity contribution < 1.29 is 4.79 Å². The maximum atomic E-state index is 12.4. The first-order chi connectivity index (χ1) is 14.2. The van der Waals surface area contributed by atoms with Crippen molar-refractivity contribution >= 4 is 28.7 Å². The van der Waals surface area contributed by atoms with Crippen molar-refractivity contribution in [3.8, 4) is 0 Å². The minimum Gasteiger partial charge on any atom is -0.351 e. The Hall–Kier alpha value is -3.12. The number of carbonyl (C=O) groups excluding carboxylic acids is 1. The Kier molecular flexibility index (Phi) is 5.91. The van der Waals surface area contributed by atoms with E-state index in [0.717, 1.165) is 27.5 Å². The zero-order valence-electron chi connectivity index (χ0n) is 16.1. The average molecular weight is 403 g/mol. The third kappa shape index (κ3) is 4.84. The molecule has 146 valence electrons. The zero-order valence-corrected chi connectivity index (χ0v) is 16.9. The van der Waals surface area contributed by atoms with E-state index in [1.54, 1.807) is 24.2 Å². The first kappa shape index (κ1) is 19.2. The predicted molar refractivity (Wildman–Crippen MR) is 117 cm³/mol. The number of thioether (sulfide) groups is 1. The number of imidazole rings is 1. The Balaban J connectivity index is 1.30. The number of aromatic nitrogens is 3. The fraction of sp³-hybridized carbons (Fsp3) is 0.174. The number of fused-ring (bicyclic) bond motifs is 1. The largest absolute Gasteiger partial charge is 0.351 e. The molecule has 0 aliphatic carbocycles. The number of rotatable bonds is 7. The summed E-state index contributed by atoms with van der Waals surface area (Å²) in [5.74, 6) is 1.01. The smallest absolute Gasteiger partial charge is 0.251 e. The average Bonchev–Trinajstić information content (AvgIpc) is 3.20. The maximum Gasteiger partial charge on any atom is 0.251 e. The molecule has 0 aliphatic rings. The molecule has 0 fully saturated rings. The highest BCUT2D eigenvalue weighted by Gasteiger charge is 2.10. The molecule has 2 N–H and O–H groups in total. The molecule has 1 atom stereocenters. The van der Waals surface area contributed by atoms with Gasteiger partial charge in [-0.05, 0) is 35.2 Å². The summed E-state index contributed by atoms with van der Waals surface area (Å²) in [6.45, 7) is 2.73. The third-order valence-electron chi connectivity index (χ3n) is 4.79. The monoisotopic (exact) mass is 402 g/mol. The van der Waals surface area contributed by atoms with Gasteiger partial charge in [-0.2, -0.15) is 0 Å². The summed E-state index contributed by atoms with van der Waals surface area (Å²) in [4.78, 5) is 24.3. The van der Waals surface area contributed by atoms with Crippen LogP contribution in [0.5, 0.6) is 0 Å². The molecule has 2 aromatic heterocycles. The van der Waals surface area contributed by atoms with Crippen LogP contribution in [0, 0.1) is 0 Å². The van der Waals surface area contributed by atoms with Crippen molar-refractivity contribution in [3.05, 3.63) is 89.7 Å². The molecule has 4 aromatic rings. The molecular formula is C23H22N4OS. The number of pyridine rings is 1. The SMILES string of the molecule is CC(CNC(=O)c1ccc(CSc2nc3ccncc3[nH]2)cc1)c1ccccc1. The molecule has 1 amide bonds. The van der Waals surface area contributed by atoms with E-state index in [0.29, 0.717) is 12.1 Å². The number of hydrogen-bond acceptors (Lipinski definition) is 4. The number of benzene rings is 2. The van der Waals surface area contributed by atoms with Gasteiger partial charge in [0.1, 0.15) is 0 Å². The highest BCUT2D eigenvalue weighted by atomic mass is 32.2. The quantitative estimate of drug-likeness (QED) is 0.436. The van der Waals surface area contributed by atoms with Gasteiger partial charge in [0.25, 0.3) is 5.91 Å². The zero-order chi connectivity index (χ0) is 20.1. The Labute approximate surface area is 174 Å². The summed E-state index contributed by atoms with van der Waals surface area (Å²) in [7, 11) is 0. The summed E-state index contributed by atoms with van der Waals surface area (Å²) in [6.07, 6.45) is 3.51. The van der Waals surface area contributed by atoms with Crippen molar-refractivity contribution in [1.29, 1.82) is 0 Å². The van der Waals surface area contributed by atoms with E-state index in [4.69, 9.17) is 0 Å². The van der Waals surface area contributed by atoms with Crippen LogP contribution in [0.15, 0.2) is 78.2 Å². The number of aromatic amines is 1. The molecule has 4 rings (SSSR count). The lowest BCUT2D eigenvalue weighted by atomic mass is 10.0. The van der Waals surface area contributed by atoms with E-state index in [2.05, 4.69) is 39.3 Å². The van der Waals surface area contributed by atoms with Gasteiger partial charge in [-0.3, -0.25) is 9.78 Å². The number of amides is 1. The molecule has 5 nitrogen and oxygen atoms in total. The molecule has 2 heterocycles. The molecule has 6 heteroatoms. The van der Waals surface area contributed by atoms with Gasteiger partial charge in [0.15, 0.2) is 5.16 Å². The molecule has 0 saturated carbocycles. The summed E-state index contributed by atoms with van der Waals surface area (Å²) in [6, 6.07) is 19.8. The molecule has 2 aromatic carbocycles. The lowest BCUT2D eigenvalue weighted by Gasteiger charge is -2.13. The first-order valence-corrected chi connectivity index (χ1v) is 10.5. The van der Waals surface area contributed by atoms with Gasteiger partial charge in [0.2, 0.25) is 0 Å². The van der Waals surface area contributed by atoms with Crippen LogP contribution in [0.25, 0.3) is 11.0 Å².